The minimum Gasteiger partial charge on any atom is -0.294 e. The van der Waals surface area contributed by atoms with Crippen molar-refractivity contribution >= 4 is 69.0 Å². The molecule has 7 heteroatoms. The number of imidazole rings is 1. The lowest BCUT2D eigenvalue weighted by atomic mass is 10.2. The molecule has 0 fully saturated rings. The Morgan fingerprint density at radius 1 is 0.905 bits per heavy atom. The molecule has 1 heterocycles. The molecular weight excluding hydrogens is 373 g/mol. The SMILES string of the molecule is ClCc1nc2c(Cl)cccc2n1-c1cc(Cl)c(Cl)cc1Cl. The second-order valence-electron chi connectivity index (χ2n) is 4.32. The molecule has 0 saturated carbocycles. The predicted octanol–water partition coefficient (Wildman–Crippen LogP) is 6.38. The second-order valence-corrected chi connectivity index (χ2v) is 6.22. The molecule has 0 aliphatic rings. The monoisotopic (exact) mass is 378 g/mol. The van der Waals surface area contributed by atoms with Gasteiger partial charge in [-0.15, -0.1) is 11.6 Å². The smallest absolute Gasteiger partial charge is 0.129 e. The highest BCUT2D eigenvalue weighted by atomic mass is 35.5. The Morgan fingerprint density at radius 2 is 1.62 bits per heavy atom. The van der Waals surface area contributed by atoms with Gasteiger partial charge in [0.1, 0.15) is 11.3 Å². The normalized spacial score (nSPS) is 11.3. The number of para-hydroxylation sites is 1. The van der Waals surface area contributed by atoms with Gasteiger partial charge >= 0.3 is 0 Å². The van der Waals surface area contributed by atoms with Gasteiger partial charge in [-0.2, -0.15) is 0 Å². The van der Waals surface area contributed by atoms with E-state index >= 15 is 0 Å². The fourth-order valence-corrected chi connectivity index (χ4v) is 3.17. The number of halogens is 5. The molecular formula is C14H7Cl5N2. The van der Waals surface area contributed by atoms with Crippen LogP contribution in [0.4, 0.5) is 0 Å². The van der Waals surface area contributed by atoms with Crippen molar-refractivity contribution in [2.45, 2.75) is 5.88 Å². The van der Waals surface area contributed by atoms with Crippen LogP contribution in [-0.4, -0.2) is 9.55 Å². The van der Waals surface area contributed by atoms with Gasteiger partial charge in [-0.1, -0.05) is 52.5 Å². The molecule has 2 nitrogen and oxygen atoms in total. The zero-order valence-electron chi connectivity index (χ0n) is 10.4. The molecule has 0 unspecified atom stereocenters. The van der Waals surface area contributed by atoms with Crippen LogP contribution in [0, 0.1) is 0 Å². The number of alkyl halides is 1. The number of hydrogen-bond donors (Lipinski definition) is 0. The lowest BCUT2D eigenvalue weighted by Crippen LogP contribution is -2.00. The van der Waals surface area contributed by atoms with Crippen molar-refractivity contribution in [2.24, 2.45) is 0 Å². The molecule has 2 aromatic carbocycles. The molecule has 0 amide bonds. The molecule has 0 aliphatic carbocycles. The molecule has 0 bridgehead atoms. The lowest BCUT2D eigenvalue weighted by Gasteiger charge is -2.11. The Hall–Kier alpha value is -0.640. The summed E-state index contributed by atoms with van der Waals surface area (Å²) in [5, 5.41) is 1.80. The summed E-state index contributed by atoms with van der Waals surface area (Å²) >= 11 is 30.6. The minimum atomic E-state index is 0.210. The second kappa shape index (κ2) is 5.86. The van der Waals surface area contributed by atoms with Crippen molar-refractivity contribution in [3.63, 3.8) is 0 Å². The molecule has 0 spiro atoms. The third kappa shape index (κ3) is 2.60. The largest absolute Gasteiger partial charge is 0.294 e. The standard InChI is InChI=1S/C14H7Cl5N2/c15-6-13-20-14-7(16)2-1-3-11(14)21(13)12-5-9(18)8(17)4-10(12)19/h1-5H,6H2. The van der Waals surface area contributed by atoms with Crippen molar-refractivity contribution in [1.82, 2.24) is 9.55 Å². The van der Waals surface area contributed by atoms with Crippen molar-refractivity contribution in [2.75, 3.05) is 0 Å². The van der Waals surface area contributed by atoms with Crippen LogP contribution >= 0.6 is 58.0 Å². The van der Waals surface area contributed by atoms with Gasteiger partial charge in [-0.05, 0) is 24.3 Å². The van der Waals surface area contributed by atoms with Crippen LogP contribution in [0.1, 0.15) is 5.82 Å². The zero-order chi connectivity index (χ0) is 15.1. The average molecular weight is 380 g/mol. The van der Waals surface area contributed by atoms with Gasteiger partial charge in [0.15, 0.2) is 0 Å². The maximum Gasteiger partial charge on any atom is 0.129 e. The molecule has 1 aromatic heterocycles. The highest BCUT2D eigenvalue weighted by Crippen LogP contribution is 2.35. The van der Waals surface area contributed by atoms with E-state index in [1.54, 1.807) is 18.2 Å². The van der Waals surface area contributed by atoms with Crippen LogP contribution in [0.2, 0.25) is 20.1 Å². The van der Waals surface area contributed by atoms with Crippen LogP contribution in [0.5, 0.6) is 0 Å². The fourth-order valence-electron chi connectivity index (χ4n) is 2.16. The summed E-state index contributed by atoms with van der Waals surface area (Å²) < 4.78 is 1.83. The number of rotatable bonds is 2. The lowest BCUT2D eigenvalue weighted by molar-refractivity contribution is 0.982. The van der Waals surface area contributed by atoms with Gasteiger partial charge in [-0.25, -0.2) is 4.98 Å². The van der Waals surface area contributed by atoms with E-state index in [0.717, 1.165) is 5.52 Å². The molecule has 0 saturated heterocycles. The fraction of sp³-hybridized carbons (Fsp3) is 0.0714. The zero-order valence-corrected chi connectivity index (χ0v) is 14.2. The summed E-state index contributed by atoms with van der Waals surface area (Å²) in [6.45, 7) is 0. The Kier molecular flexibility index (Phi) is 4.26. The molecule has 0 N–H and O–H groups in total. The number of fused-ring (bicyclic) bond motifs is 1. The molecule has 3 aromatic rings. The van der Waals surface area contributed by atoms with E-state index in [4.69, 9.17) is 58.0 Å². The van der Waals surface area contributed by atoms with E-state index in [9.17, 15) is 0 Å². The van der Waals surface area contributed by atoms with Crippen molar-refractivity contribution < 1.29 is 0 Å². The molecule has 108 valence electrons. The molecule has 3 rings (SSSR count). The minimum absolute atomic E-state index is 0.210. The first kappa shape index (κ1) is 15.3. The number of benzene rings is 2. The predicted molar refractivity (Wildman–Crippen MR) is 90.7 cm³/mol. The number of aromatic nitrogens is 2. The quantitative estimate of drug-likeness (QED) is 0.373. The third-order valence-corrected chi connectivity index (χ3v) is 4.62. The van der Waals surface area contributed by atoms with E-state index in [0.29, 0.717) is 37.1 Å². The summed E-state index contributed by atoms with van der Waals surface area (Å²) in [5.41, 5.74) is 2.13. The number of nitrogens with zero attached hydrogens (tertiary/aromatic N) is 2. The maximum absolute atomic E-state index is 6.29. The van der Waals surface area contributed by atoms with E-state index in [-0.39, 0.29) is 5.88 Å². The Labute approximate surface area is 146 Å². The average Bonchev–Trinajstić information content (AvgIpc) is 2.83. The Morgan fingerprint density at radius 3 is 2.33 bits per heavy atom. The van der Waals surface area contributed by atoms with E-state index in [1.165, 1.54) is 0 Å². The summed E-state index contributed by atoms with van der Waals surface area (Å²) in [5.74, 6) is 0.835. The Balaban J connectivity index is 2.39. The van der Waals surface area contributed by atoms with E-state index in [1.807, 2.05) is 16.7 Å². The summed E-state index contributed by atoms with van der Waals surface area (Å²) in [6.07, 6.45) is 0. The topological polar surface area (TPSA) is 17.8 Å². The Bertz CT molecular complexity index is 841. The van der Waals surface area contributed by atoms with Gasteiger partial charge in [0.2, 0.25) is 0 Å². The molecule has 0 radical (unpaired) electrons. The van der Waals surface area contributed by atoms with Gasteiger partial charge in [0, 0.05) is 0 Å². The summed E-state index contributed by atoms with van der Waals surface area (Å²) in [6, 6.07) is 8.78. The van der Waals surface area contributed by atoms with Crippen molar-refractivity contribution in [3.05, 3.63) is 56.2 Å². The summed E-state index contributed by atoms with van der Waals surface area (Å²) in [7, 11) is 0. The molecule has 0 atom stereocenters. The highest BCUT2D eigenvalue weighted by Gasteiger charge is 2.17. The first-order valence-corrected chi connectivity index (χ1v) is 7.94. The summed E-state index contributed by atoms with van der Waals surface area (Å²) in [4.78, 5) is 4.46. The van der Waals surface area contributed by atoms with Crippen LogP contribution in [0.3, 0.4) is 0 Å². The van der Waals surface area contributed by atoms with E-state index < -0.39 is 0 Å². The third-order valence-electron chi connectivity index (χ3n) is 3.06. The van der Waals surface area contributed by atoms with Crippen molar-refractivity contribution in [3.8, 4) is 5.69 Å². The maximum atomic E-state index is 6.29. The van der Waals surface area contributed by atoms with Crippen LogP contribution in [-0.2, 0) is 5.88 Å². The first-order chi connectivity index (χ1) is 10.0. The van der Waals surface area contributed by atoms with Gasteiger partial charge in [0.05, 0.1) is 37.2 Å². The van der Waals surface area contributed by atoms with Gasteiger partial charge in [-0.3, -0.25) is 4.57 Å². The van der Waals surface area contributed by atoms with Crippen LogP contribution in [0.25, 0.3) is 16.7 Å². The molecule has 21 heavy (non-hydrogen) atoms. The van der Waals surface area contributed by atoms with E-state index in [2.05, 4.69) is 4.98 Å². The van der Waals surface area contributed by atoms with Crippen LogP contribution in [0.15, 0.2) is 30.3 Å². The molecule has 0 aliphatic heterocycles. The first-order valence-electron chi connectivity index (χ1n) is 5.89. The van der Waals surface area contributed by atoms with Gasteiger partial charge in [0.25, 0.3) is 0 Å². The van der Waals surface area contributed by atoms with Crippen molar-refractivity contribution in [1.29, 1.82) is 0 Å². The van der Waals surface area contributed by atoms with Gasteiger partial charge < -0.3 is 0 Å². The highest BCUT2D eigenvalue weighted by molar-refractivity contribution is 6.43. The number of hydrogen-bond acceptors (Lipinski definition) is 1. The van der Waals surface area contributed by atoms with Crippen LogP contribution < -0.4 is 0 Å².